The fraction of sp³-hybridized carbons (Fsp3) is 0.659. The number of imide groups is 1. The van der Waals surface area contributed by atoms with E-state index >= 15 is 33.6 Å². The highest BCUT2D eigenvalue weighted by atomic mass is 35.5. The van der Waals surface area contributed by atoms with Gasteiger partial charge in [-0.05, 0) is 124 Å². The molecule has 0 unspecified atom stereocenters. The van der Waals surface area contributed by atoms with Crippen molar-refractivity contribution in [2.75, 3.05) is 102 Å². The van der Waals surface area contributed by atoms with Crippen LogP contribution in [-0.2, 0) is 70.1 Å². The Hall–Kier alpha value is -8.96. The summed E-state index contributed by atoms with van der Waals surface area (Å²) in [5, 5.41) is 7.97. The number of fused-ring (bicyclic) bond motifs is 1. The first-order valence-electron chi connectivity index (χ1n) is 40.2. The third kappa shape index (κ3) is 22.7. The monoisotopic (exact) mass is 1600 g/mol. The largest absolute Gasteiger partial charge is 0.417 e. The summed E-state index contributed by atoms with van der Waals surface area (Å²) in [6.07, 6.45) is 8.07. The number of likely N-dealkylation sites (N-methyl/N-ethyl adjacent to an activating group) is 7. The van der Waals surface area contributed by atoms with E-state index in [-0.39, 0.29) is 73.6 Å². The van der Waals surface area contributed by atoms with E-state index in [0.717, 1.165) is 87.6 Å². The Morgan fingerprint density at radius 2 is 1.18 bits per heavy atom. The van der Waals surface area contributed by atoms with Gasteiger partial charge in [0.15, 0.2) is 0 Å². The zero-order valence-corrected chi connectivity index (χ0v) is 68.3. The number of hydrogen-bond acceptors (Lipinski definition) is 14. The van der Waals surface area contributed by atoms with Gasteiger partial charge < -0.3 is 60.0 Å². The lowest BCUT2D eigenvalue weighted by Gasteiger charge is -2.43. The summed E-state index contributed by atoms with van der Waals surface area (Å²) < 4.78 is 42.2. The molecule has 1 spiro atoms. The van der Waals surface area contributed by atoms with Gasteiger partial charge in [0.1, 0.15) is 41.8 Å². The molecule has 8 rings (SSSR count). The van der Waals surface area contributed by atoms with Crippen LogP contribution in [0.3, 0.4) is 0 Å². The summed E-state index contributed by atoms with van der Waals surface area (Å²) in [7, 11) is 9.81. The van der Waals surface area contributed by atoms with E-state index < -0.39 is 192 Å². The van der Waals surface area contributed by atoms with Crippen molar-refractivity contribution in [2.24, 2.45) is 23.7 Å². The number of benzene rings is 2. The zero-order chi connectivity index (χ0) is 82.9. The average molecular weight is 1600 g/mol. The summed E-state index contributed by atoms with van der Waals surface area (Å²) in [4.78, 5) is 221. The van der Waals surface area contributed by atoms with Crippen LogP contribution in [0.4, 0.5) is 13.2 Å². The van der Waals surface area contributed by atoms with Gasteiger partial charge in [0, 0.05) is 75.5 Å². The summed E-state index contributed by atoms with van der Waals surface area (Å²) in [5.41, 5.74) is -2.27. The molecule has 14 amide bonds. The van der Waals surface area contributed by atoms with E-state index in [1.54, 1.807) is 24.0 Å². The van der Waals surface area contributed by atoms with E-state index in [4.69, 9.17) is 11.6 Å². The predicted molar refractivity (Wildman–Crippen MR) is 416 cm³/mol. The van der Waals surface area contributed by atoms with Crippen molar-refractivity contribution >= 4 is 94.3 Å². The molecule has 3 aliphatic carbocycles. The highest BCUT2D eigenvalue weighted by molar-refractivity contribution is 6.31. The number of amides is 14. The Kier molecular flexibility index (Phi) is 32.0. The molecule has 3 heterocycles. The smallest absolute Gasteiger partial charge is 0.343 e. The number of alkyl halides is 3. The molecule has 622 valence electrons. The summed E-state index contributed by atoms with van der Waals surface area (Å²) in [5.74, 6) is -11.0. The topological polar surface area (TPSA) is 307 Å². The lowest BCUT2D eigenvalue weighted by Crippen LogP contribution is -2.64. The first-order valence-corrected chi connectivity index (χ1v) is 40.6. The zero-order valence-electron chi connectivity index (χ0n) is 67.6. The lowest BCUT2D eigenvalue weighted by molar-refractivity contribution is -0.157. The Labute approximate surface area is 667 Å². The van der Waals surface area contributed by atoms with Gasteiger partial charge in [-0.2, -0.15) is 13.2 Å². The van der Waals surface area contributed by atoms with Gasteiger partial charge in [-0.3, -0.25) is 72.0 Å². The second-order valence-electron chi connectivity index (χ2n) is 32.5. The molecule has 0 radical (unpaired) electrons. The van der Waals surface area contributed by atoms with Crippen LogP contribution in [0.25, 0.3) is 0 Å². The SMILES string of the molecule is CC[C@H](C)[C@@H]1NC(=O)[C@H](CC(C)C)N(C)C(=O)C[C@@H](C(=O)N2CCCCC2)N(C)C(=O)[C@H](C2CCCCC2)N(C)C(=O)C2(CCCC2)NC(=O)CN(C/C=C/CN2C(=O)c3ccccc3C2=O)C(=O)[C@H](CCc2ccc(C(F)(F)F)c(Cl)c2)NC(=O)CN(C)C(=O)[C@@H](CC2CCCCC2)N(C)C(=O)CN(C)C(=O)CN(C)C1=O. The number of rotatable bonds is 15. The molecule has 2 aromatic rings. The van der Waals surface area contributed by atoms with Gasteiger partial charge in [0.05, 0.1) is 54.3 Å². The van der Waals surface area contributed by atoms with Crippen molar-refractivity contribution in [2.45, 2.75) is 223 Å². The van der Waals surface area contributed by atoms with Crippen LogP contribution in [0.2, 0.25) is 5.02 Å². The molecule has 27 nitrogen and oxygen atoms in total. The van der Waals surface area contributed by atoms with E-state index in [1.165, 1.54) is 93.2 Å². The van der Waals surface area contributed by atoms with Crippen LogP contribution >= 0.6 is 11.6 Å². The van der Waals surface area contributed by atoms with Crippen LogP contribution in [0, 0.1) is 23.7 Å². The second kappa shape index (κ2) is 40.4. The maximum atomic E-state index is 16.0. The number of aryl methyl sites for hydroxylation is 1. The minimum atomic E-state index is -4.82. The van der Waals surface area contributed by atoms with Gasteiger partial charge in [-0.25, -0.2) is 0 Å². The Bertz CT molecular complexity index is 3800. The number of hydrogen-bond donors (Lipinski definition) is 3. The van der Waals surface area contributed by atoms with Crippen LogP contribution in [0.15, 0.2) is 54.6 Å². The van der Waals surface area contributed by atoms with Gasteiger partial charge in [-0.1, -0.05) is 140 Å². The normalized spacial score (nSPS) is 24.7. The second-order valence-corrected chi connectivity index (χ2v) is 32.9. The van der Waals surface area contributed by atoms with E-state index in [0.29, 0.717) is 70.9 Å². The van der Waals surface area contributed by atoms with E-state index in [1.807, 2.05) is 20.8 Å². The molecular formula is C82H117ClF3N13O14. The van der Waals surface area contributed by atoms with Gasteiger partial charge in [0.25, 0.3) is 11.8 Å². The van der Waals surface area contributed by atoms with Crippen molar-refractivity contribution in [1.29, 1.82) is 0 Å². The number of carbonyl (C=O) groups is 14. The molecule has 3 N–H and O–H groups in total. The van der Waals surface area contributed by atoms with Crippen molar-refractivity contribution in [3.63, 3.8) is 0 Å². The molecule has 113 heavy (non-hydrogen) atoms. The quantitative estimate of drug-likeness (QED) is 0.118. The number of piperidine rings is 1. The average Bonchev–Trinajstić information content (AvgIpc) is 1.66. The van der Waals surface area contributed by atoms with Crippen molar-refractivity contribution in [1.82, 2.24) is 64.9 Å². The molecule has 0 bridgehead atoms. The van der Waals surface area contributed by atoms with Crippen molar-refractivity contribution in [3.8, 4) is 0 Å². The van der Waals surface area contributed by atoms with Crippen molar-refractivity contribution in [3.05, 3.63) is 81.9 Å². The summed E-state index contributed by atoms with van der Waals surface area (Å²) >= 11 is 6.22. The molecule has 31 heteroatoms. The molecule has 3 aliphatic heterocycles. The molecule has 2 saturated heterocycles. The number of nitrogens with zero attached hydrogens (tertiary/aromatic N) is 10. The molecule has 6 aliphatic rings. The fourth-order valence-electron chi connectivity index (χ4n) is 16.7. The Morgan fingerprint density at radius 3 is 1.77 bits per heavy atom. The van der Waals surface area contributed by atoms with Crippen LogP contribution < -0.4 is 16.0 Å². The Morgan fingerprint density at radius 1 is 0.602 bits per heavy atom. The summed E-state index contributed by atoms with van der Waals surface area (Å²) in [6, 6.07) is 1.27. The maximum Gasteiger partial charge on any atom is 0.417 e. The number of likely N-dealkylation sites (tertiary alicyclic amines) is 1. The van der Waals surface area contributed by atoms with Crippen molar-refractivity contribution < 1.29 is 80.3 Å². The van der Waals surface area contributed by atoms with Crippen LogP contribution in [-0.4, -0.2) is 275 Å². The number of halogens is 4. The number of nitrogens with one attached hydrogen (secondary N) is 3. The van der Waals surface area contributed by atoms with E-state index in [9.17, 15) is 46.7 Å². The minimum absolute atomic E-state index is 0.0364. The highest BCUT2D eigenvalue weighted by Crippen LogP contribution is 2.38. The third-order valence-electron chi connectivity index (χ3n) is 23.8. The molecule has 3 saturated carbocycles. The van der Waals surface area contributed by atoms with Gasteiger partial charge in [-0.15, -0.1) is 0 Å². The first kappa shape index (κ1) is 89.6. The number of carbonyl (C=O) groups excluding carboxylic acids is 14. The highest BCUT2D eigenvalue weighted by Gasteiger charge is 2.50. The van der Waals surface area contributed by atoms with Crippen LogP contribution in [0.5, 0.6) is 0 Å². The standard InChI is InChI=1S/C82H117ClF3N13O14/c1-12-53(4)70-78(111)92(7)50-68(103)90(5)51-69(104)94(9)63(46-54-28-16-13-17-29-54)76(109)91(6)48-65(100)87-61(37-35-55-34-36-59(60(83)45-55)82(84,85)86)75(108)98(42-26-27-43-99-73(106)57-32-20-21-33-58(57)74(99)107)49-66(101)89-81(38-22-23-39-81)80(113)96(11)71(56-30-18-14-19-31-56)79(112)95(10)64(77(110)97-40-24-15-25-41-97)47-67(102)93(8)62(44-52(2)3)72(105)88-70/h20-21,26-27,32-34,36,45,52-54,56,61-64,70-71H,12-19,22-25,28-31,35,37-44,46-51H2,1-11H3,(H,87,100)(H,88,105)(H,89,101)/b27-26+/t53-,61-,62-,63+,64-,70-,71-/m0/s1. The molecule has 0 aromatic heterocycles. The minimum Gasteiger partial charge on any atom is -0.343 e. The lowest BCUT2D eigenvalue weighted by atomic mass is 9.81. The van der Waals surface area contributed by atoms with Crippen LogP contribution in [0.1, 0.15) is 201 Å². The molecular weight excluding hydrogens is 1480 g/mol. The predicted octanol–water partition coefficient (Wildman–Crippen LogP) is 7.11. The summed E-state index contributed by atoms with van der Waals surface area (Å²) in [6.45, 7) is 4.57. The van der Waals surface area contributed by atoms with E-state index in [2.05, 4.69) is 16.0 Å². The van der Waals surface area contributed by atoms with Gasteiger partial charge >= 0.3 is 6.18 Å². The maximum absolute atomic E-state index is 16.0. The third-order valence-corrected chi connectivity index (χ3v) is 24.1. The molecule has 5 fully saturated rings. The first-order chi connectivity index (χ1) is 53.5. The fourth-order valence-corrected chi connectivity index (χ4v) is 17.1. The molecule has 2 aromatic carbocycles. The van der Waals surface area contributed by atoms with Gasteiger partial charge in [0.2, 0.25) is 70.9 Å². The Balaban J connectivity index is 1.21. The molecule has 7 atom stereocenters.